The summed E-state index contributed by atoms with van der Waals surface area (Å²) in [6, 6.07) is 2.20. The lowest BCUT2D eigenvalue weighted by Crippen LogP contribution is -2.32. The van der Waals surface area contributed by atoms with Crippen LogP contribution in [0.5, 0.6) is 0 Å². The van der Waals surface area contributed by atoms with E-state index in [0.29, 0.717) is 5.41 Å². The summed E-state index contributed by atoms with van der Waals surface area (Å²) in [5, 5.41) is 4.52. The van der Waals surface area contributed by atoms with Crippen LogP contribution in [0.25, 0.3) is 0 Å². The second-order valence-electron chi connectivity index (χ2n) is 4.47. The molecule has 0 radical (unpaired) electrons. The van der Waals surface area contributed by atoms with Crippen molar-refractivity contribution in [2.24, 2.45) is 13.0 Å². The molecule has 1 heterocycles. The molecule has 3 fully saturated rings. The van der Waals surface area contributed by atoms with Crippen LogP contribution in [0.2, 0.25) is 0 Å². The fourth-order valence-corrected chi connectivity index (χ4v) is 2.97. The molecule has 4 rings (SSSR count). The monoisotopic (exact) mass is 162 g/mol. The zero-order chi connectivity index (χ0) is 8.18. The summed E-state index contributed by atoms with van der Waals surface area (Å²) in [5.74, 6) is 1.03. The van der Waals surface area contributed by atoms with Crippen molar-refractivity contribution in [1.29, 1.82) is 0 Å². The summed E-state index contributed by atoms with van der Waals surface area (Å²) >= 11 is 0. The number of fused-ring (bicyclic) bond motifs is 1. The highest BCUT2D eigenvalue weighted by Crippen LogP contribution is 2.59. The number of nitrogens with zero attached hydrogens (tertiary/aromatic N) is 2. The van der Waals surface area contributed by atoms with E-state index in [9.17, 15) is 0 Å². The van der Waals surface area contributed by atoms with Crippen LogP contribution >= 0.6 is 0 Å². The topological polar surface area (TPSA) is 17.8 Å². The Morgan fingerprint density at radius 2 is 2.42 bits per heavy atom. The first-order valence-corrected chi connectivity index (χ1v) is 4.79. The van der Waals surface area contributed by atoms with Gasteiger partial charge in [-0.25, -0.2) is 0 Å². The standard InChI is InChI=1S/C10H14N2/c1-12-5-3-9(11-12)10-4-2-8(6-10)7-10/h3,5,8H,2,4,6-7H2,1H3. The van der Waals surface area contributed by atoms with Crippen molar-refractivity contribution in [3.05, 3.63) is 18.0 Å². The largest absolute Gasteiger partial charge is 0.276 e. The Morgan fingerprint density at radius 3 is 2.92 bits per heavy atom. The van der Waals surface area contributed by atoms with Crippen LogP contribution in [0, 0.1) is 5.92 Å². The SMILES string of the molecule is Cn1ccc(C23CCC(C2)C3)n1. The van der Waals surface area contributed by atoms with Crippen molar-refractivity contribution in [3.8, 4) is 0 Å². The quantitative estimate of drug-likeness (QED) is 0.616. The van der Waals surface area contributed by atoms with Gasteiger partial charge < -0.3 is 0 Å². The highest BCUT2D eigenvalue weighted by atomic mass is 15.3. The van der Waals surface area contributed by atoms with Crippen LogP contribution in [-0.2, 0) is 12.5 Å². The van der Waals surface area contributed by atoms with E-state index >= 15 is 0 Å². The van der Waals surface area contributed by atoms with E-state index < -0.39 is 0 Å². The first-order valence-electron chi connectivity index (χ1n) is 4.79. The molecule has 0 saturated heterocycles. The highest BCUT2D eigenvalue weighted by Gasteiger charge is 2.52. The Hall–Kier alpha value is -0.790. The number of rotatable bonds is 1. The molecule has 0 amide bonds. The lowest BCUT2D eigenvalue weighted by Gasteiger charge is -2.36. The summed E-state index contributed by atoms with van der Waals surface area (Å²) in [5.41, 5.74) is 1.87. The van der Waals surface area contributed by atoms with Gasteiger partial charge in [0.2, 0.25) is 0 Å². The maximum Gasteiger partial charge on any atom is 0.0686 e. The van der Waals surface area contributed by atoms with Crippen LogP contribution in [0.4, 0.5) is 0 Å². The molecular weight excluding hydrogens is 148 g/mol. The molecule has 0 spiro atoms. The van der Waals surface area contributed by atoms with E-state index in [1.54, 1.807) is 0 Å². The van der Waals surface area contributed by atoms with Crippen molar-refractivity contribution in [3.63, 3.8) is 0 Å². The maximum atomic E-state index is 4.52. The highest BCUT2D eigenvalue weighted by molar-refractivity contribution is 5.24. The molecule has 64 valence electrons. The van der Waals surface area contributed by atoms with Crippen LogP contribution in [-0.4, -0.2) is 9.78 Å². The zero-order valence-electron chi connectivity index (χ0n) is 7.45. The van der Waals surface area contributed by atoms with E-state index in [1.807, 2.05) is 11.7 Å². The molecule has 3 saturated carbocycles. The molecule has 0 aromatic carbocycles. The van der Waals surface area contributed by atoms with Crippen molar-refractivity contribution in [2.75, 3.05) is 0 Å². The molecule has 2 nitrogen and oxygen atoms in total. The van der Waals surface area contributed by atoms with E-state index in [1.165, 1.54) is 31.4 Å². The van der Waals surface area contributed by atoms with E-state index in [0.717, 1.165) is 5.92 Å². The van der Waals surface area contributed by atoms with Gasteiger partial charge in [-0.1, -0.05) is 0 Å². The predicted octanol–water partition coefficient (Wildman–Crippen LogP) is 1.86. The van der Waals surface area contributed by atoms with Gasteiger partial charge in [0.05, 0.1) is 5.69 Å². The van der Waals surface area contributed by atoms with Crippen molar-refractivity contribution in [1.82, 2.24) is 9.78 Å². The fraction of sp³-hybridized carbons (Fsp3) is 0.700. The minimum absolute atomic E-state index is 0.520. The Morgan fingerprint density at radius 1 is 1.58 bits per heavy atom. The maximum absolute atomic E-state index is 4.52. The summed E-state index contributed by atoms with van der Waals surface area (Å²) < 4.78 is 1.93. The van der Waals surface area contributed by atoms with Crippen LogP contribution < -0.4 is 0 Å². The van der Waals surface area contributed by atoms with Crippen molar-refractivity contribution >= 4 is 0 Å². The molecular formula is C10H14N2. The average molecular weight is 162 g/mol. The lowest BCUT2D eigenvalue weighted by molar-refractivity contribution is 0.235. The second kappa shape index (κ2) is 1.93. The normalized spacial score (nSPS) is 38.2. The number of hydrogen-bond acceptors (Lipinski definition) is 1. The Balaban J connectivity index is 1.98. The minimum atomic E-state index is 0.520. The van der Waals surface area contributed by atoms with Gasteiger partial charge in [-0.2, -0.15) is 5.10 Å². The third-order valence-corrected chi connectivity index (χ3v) is 3.65. The summed E-state index contributed by atoms with van der Waals surface area (Å²) in [6.07, 6.45) is 7.70. The average Bonchev–Trinajstić information content (AvgIpc) is 2.55. The second-order valence-corrected chi connectivity index (χ2v) is 4.47. The minimum Gasteiger partial charge on any atom is -0.276 e. The molecule has 1 aromatic heterocycles. The first kappa shape index (κ1) is 6.70. The van der Waals surface area contributed by atoms with Gasteiger partial charge in [-0.05, 0) is 37.7 Å². The van der Waals surface area contributed by atoms with Crippen LogP contribution in [0.3, 0.4) is 0 Å². The molecule has 0 N–H and O–H groups in total. The number of hydrogen-bond donors (Lipinski definition) is 0. The first-order chi connectivity index (χ1) is 5.78. The predicted molar refractivity (Wildman–Crippen MR) is 46.8 cm³/mol. The molecule has 3 aliphatic rings. The fourth-order valence-electron chi connectivity index (χ4n) is 2.97. The smallest absolute Gasteiger partial charge is 0.0686 e. The van der Waals surface area contributed by atoms with E-state index in [4.69, 9.17) is 0 Å². The van der Waals surface area contributed by atoms with E-state index in [2.05, 4.69) is 17.4 Å². The van der Waals surface area contributed by atoms with E-state index in [-0.39, 0.29) is 0 Å². The Bertz CT molecular complexity index is 302. The summed E-state index contributed by atoms with van der Waals surface area (Å²) in [7, 11) is 2.01. The van der Waals surface area contributed by atoms with Crippen molar-refractivity contribution in [2.45, 2.75) is 31.1 Å². The third-order valence-electron chi connectivity index (χ3n) is 3.65. The van der Waals surface area contributed by atoms with Crippen LogP contribution in [0.15, 0.2) is 12.3 Å². The van der Waals surface area contributed by atoms with Crippen molar-refractivity contribution < 1.29 is 0 Å². The molecule has 12 heavy (non-hydrogen) atoms. The summed E-state index contributed by atoms with van der Waals surface area (Å²) in [6.45, 7) is 0. The van der Waals surface area contributed by atoms with Gasteiger partial charge in [0, 0.05) is 18.7 Å². The van der Waals surface area contributed by atoms with Gasteiger partial charge in [0.25, 0.3) is 0 Å². The van der Waals surface area contributed by atoms with Gasteiger partial charge in [-0.15, -0.1) is 0 Å². The zero-order valence-corrected chi connectivity index (χ0v) is 7.45. The molecule has 0 unspecified atom stereocenters. The molecule has 2 bridgehead atoms. The number of aromatic nitrogens is 2. The Labute approximate surface area is 72.6 Å². The van der Waals surface area contributed by atoms with Gasteiger partial charge >= 0.3 is 0 Å². The number of aryl methyl sites for hydroxylation is 1. The molecule has 0 aliphatic heterocycles. The molecule has 1 aromatic rings. The van der Waals surface area contributed by atoms with Gasteiger partial charge in [0.15, 0.2) is 0 Å². The van der Waals surface area contributed by atoms with Crippen LogP contribution in [0.1, 0.15) is 31.4 Å². The van der Waals surface area contributed by atoms with Gasteiger partial charge in [-0.3, -0.25) is 4.68 Å². The molecule has 2 heteroatoms. The van der Waals surface area contributed by atoms with Gasteiger partial charge in [0.1, 0.15) is 0 Å². The summed E-state index contributed by atoms with van der Waals surface area (Å²) in [4.78, 5) is 0. The molecule has 0 atom stereocenters. The lowest BCUT2D eigenvalue weighted by atomic mass is 9.68. The third kappa shape index (κ3) is 0.680. The Kier molecular flexibility index (Phi) is 1.07. The molecule has 3 aliphatic carbocycles.